The van der Waals surface area contributed by atoms with Gasteiger partial charge in [0.1, 0.15) is 11.2 Å². The van der Waals surface area contributed by atoms with Gasteiger partial charge in [-0.15, -0.1) is 0 Å². The molecule has 0 aromatic rings. The molecule has 1 aliphatic heterocycles. The lowest BCUT2D eigenvalue weighted by Gasteiger charge is -2.51. The normalized spacial score (nSPS) is 53.1. The van der Waals surface area contributed by atoms with E-state index in [0.29, 0.717) is 17.9 Å². The highest BCUT2D eigenvalue weighted by molar-refractivity contribution is 5.96. The standard InChI is InChI=1S/C20H30O4/c1-12(2)19-8-6-17(3)5-7-18(4)15(20(17,19)24-19)10-14(22)13(11-21)9-16(18)23/h9,12,14-15,21-22H,5-8,10-11H2,1-4H3/t14-,15+,17+,18-,19-,20-/m1/s1. The van der Waals surface area contributed by atoms with E-state index in [-0.39, 0.29) is 34.9 Å². The van der Waals surface area contributed by atoms with Crippen LogP contribution in [0.4, 0.5) is 0 Å². The van der Waals surface area contributed by atoms with E-state index in [1.165, 1.54) is 6.08 Å². The van der Waals surface area contributed by atoms with Crippen LogP contribution in [0.2, 0.25) is 0 Å². The molecule has 0 unspecified atom stereocenters. The lowest BCUT2D eigenvalue weighted by atomic mass is 9.50. The highest BCUT2D eigenvalue weighted by Gasteiger charge is 2.86. The average molecular weight is 334 g/mol. The maximum Gasteiger partial charge on any atom is 0.162 e. The molecule has 0 aromatic carbocycles. The average Bonchev–Trinajstić information content (AvgIpc) is 3.18. The maximum atomic E-state index is 13.1. The SMILES string of the molecule is CC(C)[C@]12CC[C@]3(C)CC[C@@]4(C)C(=O)C=C(CO)[C@H](O)C[C@@H]4[C@@]31O2. The smallest absolute Gasteiger partial charge is 0.162 e. The van der Waals surface area contributed by atoms with Gasteiger partial charge in [-0.05, 0) is 55.1 Å². The zero-order chi connectivity index (χ0) is 17.5. The molecule has 0 aromatic heterocycles. The second kappa shape index (κ2) is 4.72. The van der Waals surface area contributed by atoms with E-state index in [4.69, 9.17) is 4.74 Å². The molecular weight excluding hydrogens is 304 g/mol. The second-order valence-corrected chi connectivity index (χ2v) is 9.41. The molecule has 4 nitrogen and oxygen atoms in total. The summed E-state index contributed by atoms with van der Waals surface area (Å²) in [5.74, 6) is 0.475. The van der Waals surface area contributed by atoms with Crippen molar-refractivity contribution >= 4 is 5.78 Å². The molecule has 2 N–H and O–H groups in total. The van der Waals surface area contributed by atoms with Crippen molar-refractivity contribution in [2.45, 2.75) is 77.1 Å². The minimum Gasteiger partial charge on any atom is -0.392 e. The van der Waals surface area contributed by atoms with E-state index in [1.54, 1.807) is 0 Å². The number of allylic oxidation sites excluding steroid dienone is 1. The summed E-state index contributed by atoms with van der Waals surface area (Å²) >= 11 is 0. The quantitative estimate of drug-likeness (QED) is 0.762. The molecule has 1 heterocycles. The highest BCUT2D eigenvalue weighted by Crippen LogP contribution is 2.80. The first-order valence-corrected chi connectivity index (χ1v) is 9.41. The second-order valence-electron chi connectivity index (χ2n) is 9.41. The summed E-state index contributed by atoms with van der Waals surface area (Å²) in [6, 6.07) is 0. The maximum absolute atomic E-state index is 13.1. The van der Waals surface area contributed by atoms with E-state index in [2.05, 4.69) is 27.7 Å². The lowest BCUT2D eigenvalue weighted by molar-refractivity contribution is -0.138. The van der Waals surface area contributed by atoms with Gasteiger partial charge in [0.05, 0.1) is 12.7 Å². The van der Waals surface area contributed by atoms with Crippen molar-refractivity contribution in [3.8, 4) is 0 Å². The van der Waals surface area contributed by atoms with Gasteiger partial charge in [0.2, 0.25) is 0 Å². The van der Waals surface area contributed by atoms with Gasteiger partial charge in [-0.1, -0.05) is 27.7 Å². The van der Waals surface area contributed by atoms with Crippen LogP contribution < -0.4 is 0 Å². The third-order valence-corrected chi connectivity index (χ3v) is 8.21. The van der Waals surface area contributed by atoms with Crippen LogP contribution >= 0.6 is 0 Å². The molecule has 6 atom stereocenters. The van der Waals surface area contributed by atoms with Crippen LogP contribution in [-0.2, 0) is 9.53 Å². The number of ketones is 1. The number of carbonyl (C=O) groups excluding carboxylic acids is 1. The number of hydrogen-bond donors (Lipinski definition) is 2. The number of hydrogen-bond acceptors (Lipinski definition) is 4. The molecule has 3 fully saturated rings. The summed E-state index contributed by atoms with van der Waals surface area (Å²) in [7, 11) is 0. The Labute approximate surface area is 144 Å². The number of carbonyl (C=O) groups is 1. The highest BCUT2D eigenvalue weighted by atomic mass is 16.6. The van der Waals surface area contributed by atoms with Gasteiger partial charge < -0.3 is 14.9 Å². The van der Waals surface area contributed by atoms with Gasteiger partial charge in [0.25, 0.3) is 0 Å². The summed E-state index contributed by atoms with van der Waals surface area (Å²) in [6.45, 7) is 8.57. The molecule has 3 aliphatic carbocycles. The van der Waals surface area contributed by atoms with Crippen LogP contribution in [-0.4, -0.2) is 39.9 Å². The Kier molecular flexibility index (Phi) is 3.29. The fourth-order valence-corrected chi connectivity index (χ4v) is 6.55. The Morgan fingerprint density at radius 3 is 2.50 bits per heavy atom. The molecule has 134 valence electrons. The molecule has 1 spiro atoms. The van der Waals surface area contributed by atoms with Gasteiger partial charge in [0.15, 0.2) is 5.78 Å². The Balaban J connectivity index is 1.84. The molecular formula is C20H30O4. The van der Waals surface area contributed by atoms with Crippen molar-refractivity contribution in [1.29, 1.82) is 0 Å². The number of aliphatic hydroxyl groups is 2. The fourth-order valence-electron chi connectivity index (χ4n) is 6.55. The molecule has 4 rings (SSSR count). The first-order chi connectivity index (χ1) is 11.2. The molecule has 4 aliphatic rings. The number of fused-ring (bicyclic) bond motifs is 1. The van der Waals surface area contributed by atoms with E-state index < -0.39 is 11.5 Å². The van der Waals surface area contributed by atoms with Gasteiger partial charge in [0, 0.05) is 11.3 Å². The molecule has 0 amide bonds. The molecule has 4 heteroatoms. The van der Waals surface area contributed by atoms with Crippen LogP contribution in [0, 0.1) is 22.7 Å². The summed E-state index contributed by atoms with van der Waals surface area (Å²) in [5.41, 5.74) is -0.389. The van der Waals surface area contributed by atoms with E-state index in [1.807, 2.05) is 0 Å². The molecule has 24 heavy (non-hydrogen) atoms. The van der Waals surface area contributed by atoms with Crippen LogP contribution in [0.15, 0.2) is 11.6 Å². The van der Waals surface area contributed by atoms with Crippen molar-refractivity contribution in [2.24, 2.45) is 22.7 Å². The van der Waals surface area contributed by atoms with Crippen LogP contribution in [0.5, 0.6) is 0 Å². The topological polar surface area (TPSA) is 70.1 Å². The van der Waals surface area contributed by atoms with Crippen molar-refractivity contribution in [3.05, 3.63) is 11.6 Å². The van der Waals surface area contributed by atoms with Crippen molar-refractivity contribution < 1.29 is 19.7 Å². The van der Waals surface area contributed by atoms with Crippen molar-refractivity contribution in [1.82, 2.24) is 0 Å². The number of epoxide rings is 1. The van der Waals surface area contributed by atoms with Gasteiger partial charge in [-0.25, -0.2) is 0 Å². The van der Waals surface area contributed by atoms with E-state index in [9.17, 15) is 15.0 Å². The zero-order valence-electron chi connectivity index (χ0n) is 15.3. The minimum atomic E-state index is -0.753. The third kappa shape index (κ3) is 1.63. The largest absolute Gasteiger partial charge is 0.392 e. The Bertz CT molecular complexity index is 625. The van der Waals surface area contributed by atoms with Crippen LogP contribution in [0.1, 0.15) is 59.8 Å². The number of aliphatic hydroxyl groups excluding tert-OH is 2. The fraction of sp³-hybridized carbons (Fsp3) is 0.850. The van der Waals surface area contributed by atoms with Gasteiger partial charge >= 0.3 is 0 Å². The molecule has 0 radical (unpaired) electrons. The Morgan fingerprint density at radius 2 is 1.92 bits per heavy atom. The number of rotatable bonds is 2. The molecule has 0 bridgehead atoms. The first kappa shape index (κ1) is 16.7. The van der Waals surface area contributed by atoms with Crippen LogP contribution in [0.25, 0.3) is 0 Å². The van der Waals surface area contributed by atoms with Crippen molar-refractivity contribution in [3.63, 3.8) is 0 Å². The zero-order valence-corrected chi connectivity index (χ0v) is 15.3. The minimum absolute atomic E-state index is 0.0106. The van der Waals surface area contributed by atoms with E-state index >= 15 is 0 Å². The Morgan fingerprint density at radius 1 is 1.25 bits per heavy atom. The number of ether oxygens (including phenoxy) is 1. The summed E-state index contributed by atoms with van der Waals surface area (Å²) in [5, 5.41) is 20.2. The summed E-state index contributed by atoms with van der Waals surface area (Å²) in [4.78, 5) is 13.1. The van der Waals surface area contributed by atoms with Crippen LogP contribution in [0.3, 0.4) is 0 Å². The molecule has 1 saturated heterocycles. The first-order valence-electron chi connectivity index (χ1n) is 9.41. The lowest BCUT2D eigenvalue weighted by Crippen LogP contribution is -2.56. The predicted octanol–water partition coefficient (Wildman–Crippen LogP) is 2.62. The third-order valence-electron chi connectivity index (χ3n) is 8.21. The summed E-state index contributed by atoms with van der Waals surface area (Å²) < 4.78 is 6.60. The Hall–Kier alpha value is -0.710. The monoisotopic (exact) mass is 334 g/mol. The van der Waals surface area contributed by atoms with Gasteiger partial charge in [-0.2, -0.15) is 0 Å². The van der Waals surface area contributed by atoms with E-state index in [0.717, 1.165) is 25.7 Å². The van der Waals surface area contributed by atoms with Gasteiger partial charge in [-0.3, -0.25) is 4.79 Å². The summed E-state index contributed by atoms with van der Waals surface area (Å²) in [6.07, 6.45) is 5.31. The molecule has 2 saturated carbocycles. The predicted molar refractivity (Wildman–Crippen MR) is 90.4 cm³/mol. The van der Waals surface area contributed by atoms with Crippen molar-refractivity contribution in [2.75, 3.05) is 6.61 Å².